The summed E-state index contributed by atoms with van der Waals surface area (Å²) in [4.78, 5) is 10.6. The van der Waals surface area contributed by atoms with Crippen LogP contribution in [0.5, 0.6) is 0 Å². The standard InChI is InChI=1S/C19H19Cl2NO5S/c20-14-6-8-18(16(21)11-14)28(25,26)22(9-10-27-12-19(23)24)17-7-5-13-3-1-2-4-15(13)17/h1-4,6,8,11,17H,5,7,9-10,12H2,(H,23,24). The Bertz CT molecular complexity index is 980. The van der Waals surface area contributed by atoms with Gasteiger partial charge < -0.3 is 9.84 Å². The third-order valence-corrected chi connectivity index (χ3v) is 7.24. The molecule has 9 heteroatoms. The molecule has 2 aromatic carbocycles. The van der Waals surface area contributed by atoms with E-state index in [2.05, 4.69) is 0 Å². The summed E-state index contributed by atoms with van der Waals surface area (Å²) in [6, 6.07) is 11.6. The van der Waals surface area contributed by atoms with Gasteiger partial charge in [-0.25, -0.2) is 13.2 Å². The Labute approximate surface area is 173 Å². The Hall–Kier alpha value is -1.64. The molecule has 0 saturated carbocycles. The molecule has 1 N–H and O–H groups in total. The lowest BCUT2D eigenvalue weighted by Crippen LogP contribution is -2.37. The van der Waals surface area contributed by atoms with Crippen LogP contribution in [0.2, 0.25) is 10.0 Å². The monoisotopic (exact) mass is 443 g/mol. The molecule has 3 rings (SSSR count). The van der Waals surface area contributed by atoms with Crippen LogP contribution in [-0.2, 0) is 26.0 Å². The number of aliphatic carboxylic acids is 1. The molecule has 0 bridgehead atoms. The summed E-state index contributed by atoms with van der Waals surface area (Å²) in [6.45, 7) is -0.528. The number of nitrogens with zero attached hydrogens (tertiary/aromatic N) is 1. The average molecular weight is 444 g/mol. The number of hydrogen-bond donors (Lipinski definition) is 1. The first-order valence-electron chi connectivity index (χ1n) is 8.65. The molecule has 0 radical (unpaired) electrons. The predicted octanol–water partition coefficient (Wildman–Crippen LogP) is 3.77. The molecule has 0 aliphatic heterocycles. The van der Waals surface area contributed by atoms with Crippen LogP contribution in [0.1, 0.15) is 23.6 Å². The van der Waals surface area contributed by atoms with E-state index in [-0.39, 0.29) is 29.1 Å². The maximum absolute atomic E-state index is 13.4. The van der Waals surface area contributed by atoms with Crippen molar-refractivity contribution in [1.29, 1.82) is 0 Å². The van der Waals surface area contributed by atoms with Crippen molar-refractivity contribution in [3.63, 3.8) is 0 Å². The van der Waals surface area contributed by atoms with Crippen LogP contribution < -0.4 is 0 Å². The molecule has 0 aromatic heterocycles. The average Bonchev–Trinajstić information content (AvgIpc) is 3.04. The lowest BCUT2D eigenvalue weighted by molar-refractivity contribution is -0.142. The molecule has 1 aliphatic carbocycles. The van der Waals surface area contributed by atoms with Gasteiger partial charge in [0.05, 0.1) is 17.7 Å². The van der Waals surface area contributed by atoms with E-state index >= 15 is 0 Å². The second-order valence-corrected chi connectivity index (χ2v) is 9.09. The van der Waals surface area contributed by atoms with Gasteiger partial charge in [-0.1, -0.05) is 47.5 Å². The fraction of sp³-hybridized carbons (Fsp3) is 0.316. The molecule has 0 heterocycles. The molecule has 1 atom stereocenters. The van der Waals surface area contributed by atoms with Crippen LogP contribution in [0.25, 0.3) is 0 Å². The molecule has 1 unspecified atom stereocenters. The van der Waals surface area contributed by atoms with E-state index in [0.717, 1.165) is 17.5 Å². The zero-order valence-electron chi connectivity index (χ0n) is 14.8. The van der Waals surface area contributed by atoms with Gasteiger partial charge in [0.25, 0.3) is 0 Å². The Kier molecular flexibility index (Phi) is 6.62. The van der Waals surface area contributed by atoms with Crippen LogP contribution in [-0.4, -0.2) is 43.6 Å². The number of ether oxygens (including phenoxy) is 1. The summed E-state index contributed by atoms with van der Waals surface area (Å²) in [5.74, 6) is -1.11. The van der Waals surface area contributed by atoms with E-state index in [1.165, 1.54) is 22.5 Å². The zero-order chi connectivity index (χ0) is 20.3. The topological polar surface area (TPSA) is 83.9 Å². The molecule has 0 amide bonds. The van der Waals surface area contributed by atoms with E-state index < -0.39 is 22.6 Å². The molecule has 2 aromatic rings. The van der Waals surface area contributed by atoms with Crippen LogP contribution in [0, 0.1) is 0 Å². The highest BCUT2D eigenvalue weighted by Gasteiger charge is 2.37. The molecule has 0 saturated heterocycles. The van der Waals surface area contributed by atoms with Crippen molar-refractivity contribution in [3.05, 3.63) is 63.6 Å². The minimum Gasteiger partial charge on any atom is -0.480 e. The van der Waals surface area contributed by atoms with Crippen molar-refractivity contribution in [2.45, 2.75) is 23.8 Å². The molecule has 0 fully saturated rings. The number of carboxylic acids is 1. The summed E-state index contributed by atoms with van der Waals surface area (Å²) >= 11 is 12.1. The Morgan fingerprint density at radius 3 is 2.68 bits per heavy atom. The first kappa shape index (κ1) is 21.1. The summed E-state index contributed by atoms with van der Waals surface area (Å²) in [5.41, 5.74) is 2.04. The van der Waals surface area contributed by atoms with Gasteiger partial charge in [-0.15, -0.1) is 0 Å². The minimum atomic E-state index is -3.96. The van der Waals surface area contributed by atoms with E-state index in [1.54, 1.807) is 0 Å². The van der Waals surface area contributed by atoms with Gasteiger partial charge >= 0.3 is 5.97 Å². The van der Waals surface area contributed by atoms with E-state index in [9.17, 15) is 13.2 Å². The minimum absolute atomic E-state index is 0.00751. The van der Waals surface area contributed by atoms with Gasteiger partial charge in [-0.05, 0) is 42.2 Å². The van der Waals surface area contributed by atoms with Crippen LogP contribution in [0.15, 0.2) is 47.4 Å². The second-order valence-electron chi connectivity index (χ2n) is 6.39. The maximum atomic E-state index is 13.4. The normalized spacial score (nSPS) is 16.3. The lowest BCUT2D eigenvalue weighted by atomic mass is 10.1. The van der Waals surface area contributed by atoms with Crippen LogP contribution in [0.3, 0.4) is 0 Å². The predicted molar refractivity (Wildman–Crippen MR) is 106 cm³/mol. The van der Waals surface area contributed by atoms with Crippen molar-refractivity contribution in [2.24, 2.45) is 0 Å². The van der Waals surface area contributed by atoms with Crippen molar-refractivity contribution in [1.82, 2.24) is 4.31 Å². The Balaban J connectivity index is 1.95. The number of fused-ring (bicyclic) bond motifs is 1. The molecule has 6 nitrogen and oxygen atoms in total. The molecule has 0 spiro atoms. The SMILES string of the molecule is O=C(O)COCCN(C1CCc2ccccc21)S(=O)(=O)c1ccc(Cl)cc1Cl. The Morgan fingerprint density at radius 2 is 1.96 bits per heavy atom. The first-order chi connectivity index (χ1) is 13.3. The highest BCUT2D eigenvalue weighted by atomic mass is 35.5. The van der Waals surface area contributed by atoms with Crippen molar-refractivity contribution in [2.75, 3.05) is 19.8 Å². The second kappa shape index (κ2) is 8.80. The van der Waals surface area contributed by atoms with Gasteiger partial charge in [0.15, 0.2) is 0 Å². The number of benzene rings is 2. The highest BCUT2D eigenvalue weighted by molar-refractivity contribution is 7.89. The first-order valence-corrected chi connectivity index (χ1v) is 10.8. The number of carboxylic acid groups (broad SMARTS) is 1. The summed E-state index contributed by atoms with van der Waals surface area (Å²) in [6.07, 6.45) is 1.39. The molecular weight excluding hydrogens is 425 g/mol. The number of aryl methyl sites for hydroxylation is 1. The third-order valence-electron chi connectivity index (χ3n) is 4.61. The lowest BCUT2D eigenvalue weighted by Gasteiger charge is -2.29. The highest BCUT2D eigenvalue weighted by Crippen LogP contribution is 2.39. The van der Waals surface area contributed by atoms with Gasteiger partial charge in [0.1, 0.15) is 11.5 Å². The number of halogens is 2. The summed E-state index contributed by atoms with van der Waals surface area (Å²) < 4.78 is 33.3. The van der Waals surface area contributed by atoms with E-state index in [1.807, 2.05) is 24.3 Å². The zero-order valence-corrected chi connectivity index (χ0v) is 17.2. The van der Waals surface area contributed by atoms with Gasteiger partial charge in [-0.2, -0.15) is 4.31 Å². The number of sulfonamides is 1. The fourth-order valence-corrected chi connectivity index (χ4v) is 5.77. The molecule has 28 heavy (non-hydrogen) atoms. The van der Waals surface area contributed by atoms with Crippen molar-refractivity contribution < 1.29 is 23.1 Å². The molecule has 150 valence electrons. The number of hydrogen-bond acceptors (Lipinski definition) is 4. The molecule has 1 aliphatic rings. The van der Waals surface area contributed by atoms with E-state index in [4.69, 9.17) is 33.0 Å². The third kappa shape index (κ3) is 4.50. The van der Waals surface area contributed by atoms with Crippen LogP contribution in [0.4, 0.5) is 0 Å². The van der Waals surface area contributed by atoms with Crippen molar-refractivity contribution >= 4 is 39.2 Å². The fourth-order valence-electron chi connectivity index (χ4n) is 3.40. The summed E-state index contributed by atoms with van der Waals surface area (Å²) in [7, 11) is -3.96. The molecular formula is C19H19Cl2NO5S. The van der Waals surface area contributed by atoms with Crippen LogP contribution >= 0.6 is 23.2 Å². The largest absolute Gasteiger partial charge is 0.480 e. The number of carbonyl (C=O) groups is 1. The number of rotatable bonds is 8. The van der Waals surface area contributed by atoms with Gasteiger partial charge in [0, 0.05) is 11.6 Å². The van der Waals surface area contributed by atoms with E-state index in [0.29, 0.717) is 11.4 Å². The Morgan fingerprint density at radius 1 is 1.21 bits per heavy atom. The van der Waals surface area contributed by atoms with Gasteiger partial charge in [0.2, 0.25) is 10.0 Å². The quantitative estimate of drug-likeness (QED) is 0.627. The summed E-state index contributed by atoms with van der Waals surface area (Å²) in [5, 5.41) is 9.11. The smallest absolute Gasteiger partial charge is 0.329 e. The maximum Gasteiger partial charge on any atom is 0.329 e. The van der Waals surface area contributed by atoms with Gasteiger partial charge in [-0.3, -0.25) is 0 Å². The van der Waals surface area contributed by atoms with Crippen molar-refractivity contribution in [3.8, 4) is 0 Å².